The number of rotatable bonds is 1. The Kier molecular flexibility index (Phi) is 3.64. The third-order valence-corrected chi connectivity index (χ3v) is 4.80. The molecule has 21 heavy (non-hydrogen) atoms. The summed E-state index contributed by atoms with van der Waals surface area (Å²) < 4.78 is 39.2. The van der Waals surface area contributed by atoms with Crippen LogP contribution in [0.3, 0.4) is 0 Å². The molecule has 2 heterocycles. The largest absolute Gasteiger partial charge is 0.416 e. The van der Waals surface area contributed by atoms with E-state index in [1.807, 2.05) is 6.07 Å². The Labute approximate surface area is 123 Å². The number of piperazine rings is 1. The number of fused-ring (bicyclic) bond motifs is 1. The van der Waals surface area contributed by atoms with Crippen LogP contribution in [0, 0.1) is 6.92 Å². The number of aryl methyl sites for hydroxylation is 1. The minimum atomic E-state index is -4.28. The first-order valence-electron chi connectivity index (χ1n) is 7.55. The van der Waals surface area contributed by atoms with E-state index in [1.165, 1.54) is 19.4 Å². The molecule has 2 unspecified atom stereocenters. The van der Waals surface area contributed by atoms with Crippen molar-refractivity contribution in [2.45, 2.75) is 44.9 Å². The van der Waals surface area contributed by atoms with Crippen molar-refractivity contribution >= 4 is 5.69 Å². The topological polar surface area (TPSA) is 6.48 Å². The Morgan fingerprint density at radius 1 is 1.19 bits per heavy atom. The number of hydrogen-bond acceptors (Lipinski definition) is 2. The van der Waals surface area contributed by atoms with Gasteiger partial charge >= 0.3 is 6.18 Å². The highest BCUT2D eigenvalue weighted by atomic mass is 19.4. The average Bonchev–Trinajstić information content (AvgIpc) is 2.84. The number of benzene rings is 1. The maximum atomic E-state index is 13.1. The smallest absolute Gasteiger partial charge is 0.366 e. The van der Waals surface area contributed by atoms with Crippen LogP contribution in [-0.2, 0) is 6.18 Å². The molecule has 1 aromatic carbocycles. The van der Waals surface area contributed by atoms with Crippen molar-refractivity contribution in [3.05, 3.63) is 29.3 Å². The molecule has 1 aromatic rings. The van der Waals surface area contributed by atoms with Crippen molar-refractivity contribution in [3.8, 4) is 0 Å². The summed E-state index contributed by atoms with van der Waals surface area (Å²) >= 11 is 0. The maximum Gasteiger partial charge on any atom is 0.416 e. The highest BCUT2D eigenvalue weighted by Crippen LogP contribution is 2.36. The lowest BCUT2D eigenvalue weighted by molar-refractivity contribution is -0.138. The standard InChI is InChI=1S/C16H21F3N2/c1-11-5-6-13(8-15(11)16(17,18)19)21-10-14-4-3-7-20(14)9-12(21)2/h5-6,8,12,14H,3-4,7,9-10H2,1-2H3. The van der Waals surface area contributed by atoms with Gasteiger partial charge in [0.05, 0.1) is 5.56 Å². The monoisotopic (exact) mass is 298 g/mol. The van der Waals surface area contributed by atoms with Gasteiger partial charge in [0.15, 0.2) is 0 Å². The van der Waals surface area contributed by atoms with Crippen LogP contribution in [-0.4, -0.2) is 36.6 Å². The number of alkyl halides is 3. The van der Waals surface area contributed by atoms with E-state index in [0.29, 0.717) is 17.3 Å². The van der Waals surface area contributed by atoms with E-state index < -0.39 is 11.7 Å². The van der Waals surface area contributed by atoms with Gasteiger partial charge < -0.3 is 4.90 Å². The fourth-order valence-electron chi connectivity index (χ4n) is 3.64. The molecule has 116 valence electrons. The average molecular weight is 298 g/mol. The van der Waals surface area contributed by atoms with E-state index in [-0.39, 0.29) is 6.04 Å². The normalized spacial score (nSPS) is 27.0. The summed E-state index contributed by atoms with van der Waals surface area (Å²) in [6.45, 7) is 6.53. The quantitative estimate of drug-likeness (QED) is 0.780. The van der Waals surface area contributed by atoms with E-state index >= 15 is 0 Å². The molecular weight excluding hydrogens is 277 g/mol. The van der Waals surface area contributed by atoms with Crippen molar-refractivity contribution in [2.24, 2.45) is 0 Å². The second kappa shape index (κ2) is 5.20. The van der Waals surface area contributed by atoms with Crippen LogP contribution in [0.4, 0.5) is 18.9 Å². The molecule has 0 spiro atoms. The fourth-order valence-corrected chi connectivity index (χ4v) is 3.64. The van der Waals surface area contributed by atoms with Gasteiger partial charge in [-0.05, 0) is 50.9 Å². The molecule has 2 saturated heterocycles. The lowest BCUT2D eigenvalue weighted by Gasteiger charge is -2.43. The van der Waals surface area contributed by atoms with Crippen molar-refractivity contribution in [1.29, 1.82) is 0 Å². The Balaban J connectivity index is 1.89. The Morgan fingerprint density at radius 3 is 2.67 bits per heavy atom. The molecule has 3 rings (SSSR count). The van der Waals surface area contributed by atoms with Crippen molar-refractivity contribution in [3.63, 3.8) is 0 Å². The van der Waals surface area contributed by atoms with Crippen LogP contribution in [0.15, 0.2) is 18.2 Å². The molecule has 2 nitrogen and oxygen atoms in total. The molecule has 0 N–H and O–H groups in total. The van der Waals surface area contributed by atoms with E-state index in [9.17, 15) is 13.2 Å². The van der Waals surface area contributed by atoms with Crippen LogP contribution < -0.4 is 4.90 Å². The molecule has 0 bridgehead atoms. The van der Waals surface area contributed by atoms with Gasteiger partial charge in [0.1, 0.15) is 0 Å². The van der Waals surface area contributed by atoms with Gasteiger partial charge in [-0.25, -0.2) is 0 Å². The molecule has 2 atom stereocenters. The zero-order valence-corrected chi connectivity index (χ0v) is 12.5. The van der Waals surface area contributed by atoms with Crippen LogP contribution >= 0.6 is 0 Å². The highest BCUT2D eigenvalue weighted by molar-refractivity contribution is 5.53. The number of halogens is 3. The van der Waals surface area contributed by atoms with Gasteiger partial charge in [-0.15, -0.1) is 0 Å². The minimum Gasteiger partial charge on any atom is -0.366 e. The van der Waals surface area contributed by atoms with Crippen LogP contribution in [0.5, 0.6) is 0 Å². The fraction of sp³-hybridized carbons (Fsp3) is 0.625. The molecule has 0 radical (unpaired) electrons. The molecule has 2 fully saturated rings. The van der Waals surface area contributed by atoms with Crippen molar-refractivity contribution < 1.29 is 13.2 Å². The van der Waals surface area contributed by atoms with E-state index in [1.54, 1.807) is 6.07 Å². The molecular formula is C16H21F3N2. The maximum absolute atomic E-state index is 13.1. The Morgan fingerprint density at radius 2 is 1.95 bits per heavy atom. The van der Waals surface area contributed by atoms with Gasteiger partial charge in [-0.2, -0.15) is 13.2 Å². The summed E-state index contributed by atoms with van der Waals surface area (Å²) in [6, 6.07) is 5.48. The molecule has 2 aliphatic rings. The SMILES string of the molecule is Cc1ccc(N2CC3CCCN3CC2C)cc1C(F)(F)F. The zero-order chi connectivity index (χ0) is 15.2. The predicted octanol–water partition coefficient (Wildman–Crippen LogP) is 3.69. The Bertz CT molecular complexity index is 527. The molecule has 0 aromatic heterocycles. The van der Waals surface area contributed by atoms with Crippen molar-refractivity contribution in [2.75, 3.05) is 24.5 Å². The van der Waals surface area contributed by atoms with Gasteiger partial charge in [0, 0.05) is 30.9 Å². The molecule has 0 amide bonds. The third kappa shape index (κ3) is 2.76. The van der Waals surface area contributed by atoms with Crippen LogP contribution in [0.1, 0.15) is 30.9 Å². The first-order chi connectivity index (χ1) is 9.86. The van der Waals surface area contributed by atoms with E-state index in [2.05, 4.69) is 16.7 Å². The van der Waals surface area contributed by atoms with E-state index in [4.69, 9.17) is 0 Å². The second-order valence-electron chi connectivity index (χ2n) is 6.29. The first-order valence-corrected chi connectivity index (χ1v) is 7.55. The predicted molar refractivity (Wildman–Crippen MR) is 77.6 cm³/mol. The second-order valence-corrected chi connectivity index (χ2v) is 6.29. The van der Waals surface area contributed by atoms with Gasteiger partial charge in [0.25, 0.3) is 0 Å². The molecule has 5 heteroatoms. The van der Waals surface area contributed by atoms with Crippen LogP contribution in [0.25, 0.3) is 0 Å². The van der Waals surface area contributed by atoms with E-state index in [0.717, 1.165) is 26.1 Å². The summed E-state index contributed by atoms with van der Waals surface area (Å²) in [5.74, 6) is 0. The molecule has 2 aliphatic heterocycles. The summed E-state index contributed by atoms with van der Waals surface area (Å²) in [7, 11) is 0. The van der Waals surface area contributed by atoms with Gasteiger partial charge in [-0.3, -0.25) is 4.90 Å². The highest BCUT2D eigenvalue weighted by Gasteiger charge is 2.36. The summed E-state index contributed by atoms with van der Waals surface area (Å²) in [4.78, 5) is 4.61. The number of anilines is 1. The van der Waals surface area contributed by atoms with Crippen molar-refractivity contribution in [1.82, 2.24) is 4.90 Å². The summed E-state index contributed by atoms with van der Waals surface area (Å²) in [5.41, 5.74) is 0.478. The van der Waals surface area contributed by atoms with Gasteiger partial charge in [-0.1, -0.05) is 6.07 Å². The lowest BCUT2D eigenvalue weighted by Crippen LogP contribution is -2.55. The zero-order valence-electron chi connectivity index (χ0n) is 12.5. The van der Waals surface area contributed by atoms with Gasteiger partial charge in [0.2, 0.25) is 0 Å². The Hall–Kier alpha value is -1.23. The van der Waals surface area contributed by atoms with Crippen LogP contribution in [0.2, 0.25) is 0 Å². The number of nitrogens with zero attached hydrogens (tertiary/aromatic N) is 2. The minimum absolute atomic E-state index is 0.253. The molecule has 0 aliphatic carbocycles. The number of hydrogen-bond donors (Lipinski definition) is 0. The third-order valence-electron chi connectivity index (χ3n) is 4.80. The molecule has 0 saturated carbocycles. The summed E-state index contributed by atoms with van der Waals surface area (Å²) in [5, 5.41) is 0. The summed E-state index contributed by atoms with van der Waals surface area (Å²) in [6.07, 6.45) is -1.92. The first kappa shape index (κ1) is 14.7. The lowest BCUT2D eigenvalue weighted by atomic mass is 10.0.